The van der Waals surface area contributed by atoms with E-state index in [1.807, 2.05) is 0 Å². The predicted molar refractivity (Wildman–Crippen MR) is 72.0 cm³/mol. The van der Waals surface area contributed by atoms with Gasteiger partial charge in [-0.1, -0.05) is 26.2 Å². The van der Waals surface area contributed by atoms with Crippen molar-refractivity contribution in [1.29, 1.82) is 0 Å². The van der Waals surface area contributed by atoms with Gasteiger partial charge < -0.3 is 5.32 Å². The Morgan fingerprint density at radius 2 is 2.12 bits per heavy atom. The molecule has 0 spiro atoms. The van der Waals surface area contributed by atoms with Gasteiger partial charge in [-0.2, -0.15) is 0 Å². The fraction of sp³-hybridized carbons (Fsp3) is 0.769. The summed E-state index contributed by atoms with van der Waals surface area (Å²) in [5.41, 5.74) is 1.19. The van der Waals surface area contributed by atoms with E-state index in [0.717, 1.165) is 5.01 Å². The fourth-order valence-corrected chi connectivity index (χ4v) is 2.58. The van der Waals surface area contributed by atoms with Crippen LogP contribution in [-0.2, 0) is 0 Å². The Hall–Kier alpha value is -0.410. The second kappa shape index (κ2) is 7.02. The summed E-state index contributed by atoms with van der Waals surface area (Å²) in [6, 6.07) is 0.963. The number of unbranched alkanes of at least 4 members (excludes halogenated alkanes) is 2. The fourth-order valence-electron chi connectivity index (χ4n) is 1.88. The van der Waals surface area contributed by atoms with Gasteiger partial charge in [-0.15, -0.1) is 11.3 Å². The summed E-state index contributed by atoms with van der Waals surface area (Å²) < 4.78 is 0. The van der Waals surface area contributed by atoms with Gasteiger partial charge >= 0.3 is 0 Å². The van der Waals surface area contributed by atoms with Crippen LogP contribution in [0.25, 0.3) is 0 Å². The van der Waals surface area contributed by atoms with Gasteiger partial charge in [0.15, 0.2) is 0 Å². The Morgan fingerprint density at radius 1 is 1.38 bits per heavy atom. The van der Waals surface area contributed by atoms with E-state index in [1.54, 1.807) is 11.3 Å². The lowest BCUT2D eigenvalue weighted by Crippen LogP contribution is -2.29. The minimum absolute atomic E-state index is 0.376. The lowest BCUT2D eigenvalue weighted by Gasteiger charge is -2.18. The first-order chi connectivity index (χ1) is 7.63. The van der Waals surface area contributed by atoms with Crippen molar-refractivity contribution in [2.75, 3.05) is 0 Å². The molecule has 0 aromatic carbocycles. The zero-order valence-corrected chi connectivity index (χ0v) is 11.7. The van der Waals surface area contributed by atoms with E-state index in [9.17, 15) is 0 Å². The molecule has 2 unspecified atom stereocenters. The molecule has 0 aliphatic carbocycles. The van der Waals surface area contributed by atoms with Crippen molar-refractivity contribution in [3.8, 4) is 0 Å². The lowest BCUT2D eigenvalue weighted by molar-refractivity contribution is 0.436. The molecule has 3 heteroatoms. The molecule has 0 amide bonds. The molecule has 92 valence electrons. The highest BCUT2D eigenvalue weighted by Gasteiger charge is 2.11. The van der Waals surface area contributed by atoms with Crippen molar-refractivity contribution in [2.45, 2.75) is 65.5 Å². The van der Waals surface area contributed by atoms with Crippen molar-refractivity contribution in [3.63, 3.8) is 0 Å². The van der Waals surface area contributed by atoms with Gasteiger partial charge in [0.2, 0.25) is 0 Å². The molecule has 0 saturated carbocycles. The maximum atomic E-state index is 4.52. The molecule has 1 aromatic rings. The molecule has 0 aliphatic heterocycles. The quantitative estimate of drug-likeness (QED) is 0.727. The highest BCUT2D eigenvalue weighted by molar-refractivity contribution is 7.09. The first kappa shape index (κ1) is 13.7. The van der Waals surface area contributed by atoms with E-state index < -0.39 is 0 Å². The van der Waals surface area contributed by atoms with Gasteiger partial charge in [0.1, 0.15) is 0 Å². The highest BCUT2D eigenvalue weighted by Crippen LogP contribution is 2.17. The lowest BCUT2D eigenvalue weighted by atomic mass is 10.1. The average Bonchev–Trinajstić information content (AvgIpc) is 2.65. The first-order valence-corrected chi connectivity index (χ1v) is 7.19. The molecule has 2 nitrogen and oxygen atoms in total. The average molecular weight is 240 g/mol. The van der Waals surface area contributed by atoms with Crippen LogP contribution in [0.15, 0.2) is 5.38 Å². The second-order valence-electron chi connectivity index (χ2n) is 4.58. The van der Waals surface area contributed by atoms with Crippen molar-refractivity contribution >= 4 is 11.3 Å². The van der Waals surface area contributed by atoms with Gasteiger partial charge in [-0.05, 0) is 27.2 Å². The number of aromatic nitrogens is 1. The van der Waals surface area contributed by atoms with Crippen LogP contribution in [0.5, 0.6) is 0 Å². The molecular formula is C13H24N2S. The van der Waals surface area contributed by atoms with Crippen LogP contribution >= 0.6 is 11.3 Å². The van der Waals surface area contributed by atoms with Crippen molar-refractivity contribution in [1.82, 2.24) is 10.3 Å². The highest BCUT2D eigenvalue weighted by atomic mass is 32.1. The van der Waals surface area contributed by atoms with Crippen LogP contribution in [0.2, 0.25) is 0 Å². The molecule has 0 fully saturated rings. The Labute approximate surface area is 103 Å². The van der Waals surface area contributed by atoms with E-state index in [4.69, 9.17) is 0 Å². The molecule has 1 rings (SSSR count). The topological polar surface area (TPSA) is 24.9 Å². The van der Waals surface area contributed by atoms with E-state index in [-0.39, 0.29) is 0 Å². The van der Waals surface area contributed by atoms with Crippen molar-refractivity contribution in [3.05, 3.63) is 16.1 Å². The Balaban J connectivity index is 2.30. The molecule has 0 aliphatic rings. The molecule has 1 heterocycles. The normalized spacial score (nSPS) is 15.0. The first-order valence-electron chi connectivity index (χ1n) is 6.31. The van der Waals surface area contributed by atoms with Crippen LogP contribution < -0.4 is 5.32 Å². The third kappa shape index (κ3) is 4.62. The van der Waals surface area contributed by atoms with Gasteiger partial charge in [0, 0.05) is 17.5 Å². The van der Waals surface area contributed by atoms with Crippen LogP contribution in [-0.4, -0.2) is 11.0 Å². The molecule has 0 saturated heterocycles. The van der Waals surface area contributed by atoms with Crippen molar-refractivity contribution in [2.24, 2.45) is 0 Å². The number of hydrogen-bond acceptors (Lipinski definition) is 3. The SMILES string of the molecule is CCCCCC(C)NC(C)c1csc(C)n1. The maximum Gasteiger partial charge on any atom is 0.0898 e. The van der Waals surface area contributed by atoms with Gasteiger partial charge in [0.05, 0.1) is 10.7 Å². The largest absolute Gasteiger partial charge is 0.306 e. The van der Waals surface area contributed by atoms with E-state index in [0.29, 0.717) is 12.1 Å². The zero-order valence-electron chi connectivity index (χ0n) is 10.9. The summed E-state index contributed by atoms with van der Waals surface area (Å²) in [6.07, 6.45) is 5.23. The van der Waals surface area contributed by atoms with Gasteiger partial charge in [0.25, 0.3) is 0 Å². The van der Waals surface area contributed by atoms with E-state index in [2.05, 4.69) is 43.4 Å². The predicted octanol–water partition coefficient (Wildman–Crippen LogP) is 4.07. The molecular weight excluding hydrogens is 216 g/mol. The third-order valence-electron chi connectivity index (χ3n) is 2.86. The number of hydrogen-bond donors (Lipinski definition) is 1. The van der Waals surface area contributed by atoms with Crippen molar-refractivity contribution < 1.29 is 0 Å². The van der Waals surface area contributed by atoms with Gasteiger partial charge in [-0.25, -0.2) is 4.98 Å². The summed E-state index contributed by atoms with van der Waals surface area (Å²) in [6.45, 7) is 8.78. The van der Waals surface area contributed by atoms with E-state index in [1.165, 1.54) is 31.4 Å². The molecule has 1 aromatic heterocycles. The minimum Gasteiger partial charge on any atom is -0.306 e. The number of nitrogens with zero attached hydrogens (tertiary/aromatic N) is 1. The minimum atomic E-state index is 0.376. The number of nitrogens with one attached hydrogen (secondary N) is 1. The smallest absolute Gasteiger partial charge is 0.0898 e. The van der Waals surface area contributed by atoms with Crippen LogP contribution in [0.3, 0.4) is 0 Å². The Morgan fingerprint density at radius 3 is 2.69 bits per heavy atom. The van der Waals surface area contributed by atoms with E-state index >= 15 is 0 Å². The monoisotopic (exact) mass is 240 g/mol. The molecule has 1 N–H and O–H groups in total. The summed E-state index contributed by atoms with van der Waals surface area (Å²) in [4.78, 5) is 4.52. The number of rotatable bonds is 7. The number of aryl methyl sites for hydroxylation is 1. The second-order valence-corrected chi connectivity index (χ2v) is 5.64. The molecule has 16 heavy (non-hydrogen) atoms. The Bertz CT molecular complexity index is 296. The summed E-state index contributed by atoms with van der Waals surface area (Å²) in [7, 11) is 0. The summed E-state index contributed by atoms with van der Waals surface area (Å²) in [5.74, 6) is 0. The standard InChI is InChI=1S/C13H24N2S/c1-5-6-7-8-10(2)14-11(3)13-9-16-12(4)15-13/h9-11,14H,5-8H2,1-4H3. The molecule has 0 radical (unpaired) electrons. The number of thiazole rings is 1. The maximum absolute atomic E-state index is 4.52. The Kier molecular flexibility index (Phi) is 5.99. The van der Waals surface area contributed by atoms with Gasteiger partial charge in [-0.3, -0.25) is 0 Å². The summed E-state index contributed by atoms with van der Waals surface area (Å²) >= 11 is 1.73. The molecule has 2 atom stereocenters. The van der Waals surface area contributed by atoms with Crippen LogP contribution in [0.4, 0.5) is 0 Å². The third-order valence-corrected chi connectivity index (χ3v) is 3.65. The van der Waals surface area contributed by atoms with Crippen LogP contribution in [0, 0.1) is 6.92 Å². The molecule has 0 bridgehead atoms. The zero-order chi connectivity index (χ0) is 12.0. The van der Waals surface area contributed by atoms with Crippen LogP contribution in [0.1, 0.15) is 63.2 Å². The summed E-state index contributed by atoms with van der Waals surface area (Å²) in [5, 5.41) is 6.93.